The molecule has 2 aromatic rings. The first-order chi connectivity index (χ1) is 10.4. The van der Waals surface area contributed by atoms with Crippen LogP contribution in [0, 0.1) is 6.92 Å². The number of aliphatic hydroxyl groups excluding tert-OH is 1. The third kappa shape index (κ3) is 2.75. The predicted molar refractivity (Wildman–Crippen MR) is 86.0 cm³/mol. The summed E-state index contributed by atoms with van der Waals surface area (Å²) >= 11 is 1.08. The van der Waals surface area contributed by atoms with E-state index in [2.05, 4.69) is 4.98 Å². The molecule has 0 spiro atoms. The van der Waals surface area contributed by atoms with Crippen LogP contribution in [0.1, 0.15) is 32.6 Å². The highest BCUT2D eigenvalue weighted by Crippen LogP contribution is 2.35. The second-order valence-electron chi connectivity index (χ2n) is 4.81. The van der Waals surface area contributed by atoms with E-state index in [0.717, 1.165) is 11.3 Å². The van der Waals surface area contributed by atoms with Crippen molar-refractivity contribution in [3.8, 4) is 0 Å². The van der Waals surface area contributed by atoms with Gasteiger partial charge in [0.15, 0.2) is 0 Å². The Morgan fingerprint density at radius 2 is 2.14 bits per heavy atom. The predicted octanol–water partition coefficient (Wildman–Crippen LogP) is 0.740. The molecule has 2 heterocycles. The first kappa shape index (κ1) is 16.2. The van der Waals surface area contributed by atoms with Crippen LogP contribution in [0.25, 0.3) is 10.2 Å². The molecule has 2 amide bonds. The second kappa shape index (κ2) is 6.29. The topological polar surface area (TPSA) is 123 Å². The fourth-order valence-electron chi connectivity index (χ4n) is 2.29. The van der Waals surface area contributed by atoms with Crippen LogP contribution >= 0.6 is 11.3 Å². The van der Waals surface area contributed by atoms with Crippen LogP contribution in [0.15, 0.2) is 6.07 Å². The number of thiophene rings is 1. The lowest BCUT2D eigenvalue weighted by atomic mass is 10.1. The molecular formula is C14H18N4O3S. The van der Waals surface area contributed by atoms with Gasteiger partial charge in [0.1, 0.15) is 9.71 Å². The molecule has 0 unspecified atom stereocenters. The van der Waals surface area contributed by atoms with Gasteiger partial charge in [-0.05, 0) is 19.9 Å². The fraction of sp³-hybridized carbons (Fsp3) is 0.357. The van der Waals surface area contributed by atoms with Crippen LogP contribution in [0.4, 0.5) is 5.69 Å². The number of fused-ring (bicyclic) bond motifs is 1. The molecule has 0 aliphatic heterocycles. The highest BCUT2D eigenvalue weighted by molar-refractivity contribution is 7.21. The number of nitrogens with zero attached hydrogens (tertiary/aromatic N) is 2. The number of primary amides is 1. The Morgan fingerprint density at radius 1 is 1.45 bits per heavy atom. The van der Waals surface area contributed by atoms with Gasteiger partial charge in [-0.15, -0.1) is 11.3 Å². The molecule has 0 fully saturated rings. The van der Waals surface area contributed by atoms with Gasteiger partial charge < -0.3 is 21.5 Å². The van der Waals surface area contributed by atoms with Crippen molar-refractivity contribution < 1.29 is 14.7 Å². The average Bonchev–Trinajstić information content (AvgIpc) is 2.80. The number of pyridine rings is 1. The van der Waals surface area contributed by atoms with Gasteiger partial charge in [-0.3, -0.25) is 9.59 Å². The third-order valence-corrected chi connectivity index (χ3v) is 4.43. The summed E-state index contributed by atoms with van der Waals surface area (Å²) in [6.45, 7) is 4.14. The van der Waals surface area contributed by atoms with E-state index >= 15 is 0 Å². The van der Waals surface area contributed by atoms with E-state index in [1.807, 2.05) is 6.92 Å². The molecule has 0 aliphatic carbocycles. The number of nitrogens with two attached hydrogens (primary N) is 2. The normalized spacial score (nSPS) is 10.9. The fourth-order valence-corrected chi connectivity index (χ4v) is 3.31. The van der Waals surface area contributed by atoms with Gasteiger partial charge in [0.25, 0.3) is 11.8 Å². The van der Waals surface area contributed by atoms with Crippen molar-refractivity contribution in [3.05, 3.63) is 22.2 Å². The maximum Gasteiger partial charge on any atom is 0.260 e. The molecule has 0 aromatic carbocycles. The molecule has 0 saturated heterocycles. The van der Waals surface area contributed by atoms with Crippen molar-refractivity contribution in [1.82, 2.24) is 9.88 Å². The zero-order valence-corrected chi connectivity index (χ0v) is 13.2. The molecule has 0 atom stereocenters. The number of anilines is 1. The summed E-state index contributed by atoms with van der Waals surface area (Å²) in [7, 11) is 0. The highest BCUT2D eigenvalue weighted by atomic mass is 32.1. The number of aliphatic hydroxyl groups is 1. The van der Waals surface area contributed by atoms with Crippen molar-refractivity contribution >= 4 is 39.1 Å². The van der Waals surface area contributed by atoms with Gasteiger partial charge in [0.05, 0.1) is 17.9 Å². The molecule has 118 valence electrons. The summed E-state index contributed by atoms with van der Waals surface area (Å²) in [5.74, 6) is -0.896. The van der Waals surface area contributed by atoms with E-state index in [-0.39, 0.29) is 29.6 Å². The van der Waals surface area contributed by atoms with Crippen LogP contribution < -0.4 is 11.5 Å². The molecule has 0 aliphatic rings. The summed E-state index contributed by atoms with van der Waals surface area (Å²) in [4.78, 5) is 30.7. The van der Waals surface area contributed by atoms with Gasteiger partial charge in [0.2, 0.25) is 0 Å². The van der Waals surface area contributed by atoms with E-state index < -0.39 is 5.91 Å². The molecule has 22 heavy (non-hydrogen) atoms. The first-order valence-corrected chi connectivity index (χ1v) is 7.61. The lowest BCUT2D eigenvalue weighted by molar-refractivity contribution is 0.0733. The van der Waals surface area contributed by atoms with Gasteiger partial charge in [-0.2, -0.15) is 0 Å². The number of carbonyl (C=O) groups excluding carboxylic acids is 2. The summed E-state index contributed by atoms with van der Waals surface area (Å²) in [6, 6.07) is 1.64. The van der Waals surface area contributed by atoms with Crippen molar-refractivity contribution in [1.29, 1.82) is 0 Å². The first-order valence-electron chi connectivity index (χ1n) is 6.80. The Morgan fingerprint density at radius 3 is 2.68 bits per heavy atom. The summed E-state index contributed by atoms with van der Waals surface area (Å²) in [5.41, 5.74) is 12.5. The number of rotatable bonds is 5. The van der Waals surface area contributed by atoms with E-state index in [1.165, 1.54) is 4.90 Å². The standard InChI is InChI=1S/C14H18N4O3S/c1-3-18(4-5-19)14(21)8-6-7(2)17-13-9(8)10(15)11(22-13)12(16)20/h6,19H,3-5,15H2,1-2H3,(H2,16,20). The number of hydrogen-bond acceptors (Lipinski definition) is 6. The smallest absolute Gasteiger partial charge is 0.260 e. The van der Waals surface area contributed by atoms with Crippen molar-refractivity contribution in [2.24, 2.45) is 5.73 Å². The molecule has 5 N–H and O–H groups in total. The van der Waals surface area contributed by atoms with E-state index in [0.29, 0.717) is 28.0 Å². The number of aryl methyl sites for hydroxylation is 1. The van der Waals surface area contributed by atoms with Crippen molar-refractivity contribution in [2.75, 3.05) is 25.4 Å². The number of nitrogen functional groups attached to an aromatic ring is 1. The minimum absolute atomic E-state index is 0.127. The van der Waals surface area contributed by atoms with Crippen molar-refractivity contribution in [3.63, 3.8) is 0 Å². The quantitative estimate of drug-likeness (QED) is 0.749. The lowest BCUT2D eigenvalue weighted by Gasteiger charge is -2.20. The number of aromatic nitrogens is 1. The number of likely N-dealkylation sites (N-methyl/N-ethyl adjacent to an activating group) is 1. The molecular weight excluding hydrogens is 304 g/mol. The minimum atomic E-state index is -0.640. The molecule has 0 bridgehead atoms. The maximum absolute atomic E-state index is 12.7. The second-order valence-corrected chi connectivity index (χ2v) is 5.81. The van der Waals surface area contributed by atoms with Crippen LogP contribution in [-0.4, -0.2) is 46.5 Å². The van der Waals surface area contributed by atoms with Crippen molar-refractivity contribution in [2.45, 2.75) is 13.8 Å². The number of hydrogen-bond donors (Lipinski definition) is 3. The minimum Gasteiger partial charge on any atom is -0.397 e. The summed E-state index contributed by atoms with van der Waals surface area (Å²) in [5, 5.41) is 9.52. The summed E-state index contributed by atoms with van der Waals surface area (Å²) in [6.07, 6.45) is 0. The average molecular weight is 322 g/mol. The molecule has 0 saturated carbocycles. The third-order valence-electron chi connectivity index (χ3n) is 3.32. The van der Waals surface area contributed by atoms with Crippen LogP contribution in [0.2, 0.25) is 0 Å². The highest BCUT2D eigenvalue weighted by Gasteiger charge is 2.23. The van der Waals surface area contributed by atoms with E-state index in [9.17, 15) is 9.59 Å². The largest absolute Gasteiger partial charge is 0.397 e. The molecule has 7 nitrogen and oxygen atoms in total. The zero-order chi connectivity index (χ0) is 16.4. The van der Waals surface area contributed by atoms with Gasteiger partial charge in [0, 0.05) is 24.2 Å². The van der Waals surface area contributed by atoms with Crippen LogP contribution in [-0.2, 0) is 0 Å². The van der Waals surface area contributed by atoms with Crippen LogP contribution in [0.3, 0.4) is 0 Å². The Bertz CT molecular complexity index is 741. The Hall–Kier alpha value is -2.19. The molecule has 0 radical (unpaired) electrons. The Kier molecular flexibility index (Phi) is 4.62. The number of amides is 2. The van der Waals surface area contributed by atoms with E-state index in [4.69, 9.17) is 16.6 Å². The van der Waals surface area contributed by atoms with Gasteiger partial charge in [-0.25, -0.2) is 4.98 Å². The van der Waals surface area contributed by atoms with Gasteiger partial charge in [-0.1, -0.05) is 0 Å². The Balaban J connectivity index is 2.67. The molecule has 2 aromatic heterocycles. The van der Waals surface area contributed by atoms with Crippen LogP contribution in [0.5, 0.6) is 0 Å². The molecule has 8 heteroatoms. The van der Waals surface area contributed by atoms with E-state index in [1.54, 1.807) is 13.0 Å². The lowest BCUT2D eigenvalue weighted by Crippen LogP contribution is -2.33. The molecule has 2 rings (SSSR count). The zero-order valence-electron chi connectivity index (χ0n) is 12.4. The number of carbonyl (C=O) groups is 2. The summed E-state index contributed by atoms with van der Waals surface area (Å²) < 4.78 is 0. The monoisotopic (exact) mass is 322 g/mol. The van der Waals surface area contributed by atoms with Gasteiger partial charge >= 0.3 is 0 Å². The maximum atomic E-state index is 12.7. The Labute approximate surface area is 131 Å². The SMILES string of the molecule is CCN(CCO)C(=O)c1cc(C)nc2sc(C(N)=O)c(N)c12.